The van der Waals surface area contributed by atoms with E-state index in [-0.39, 0.29) is 6.04 Å². The Bertz CT molecular complexity index is 307. The normalized spacial score (nSPS) is 28.5. The Labute approximate surface area is 79.2 Å². The minimum absolute atomic E-state index is 0.237. The fraction of sp³-hybridized carbons (Fsp3) is 0.545. The summed E-state index contributed by atoms with van der Waals surface area (Å²) in [5, 5.41) is 0. The van der Waals surface area contributed by atoms with Crippen LogP contribution >= 0.6 is 0 Å². The average Bonchev–Trinajstić information content (AvgIpc) is 2.39. The standard InChI is InChI=1S/C11H16N2/c1-7-6-10-9(4-3-5-13-10)11(7)8(2)12/h3-5,7-8,11H,6,12H2,1-2H3. The first kappa shape index (κ1) is 8.70. The van der Waals surface area contributed by atoms with Crippen LogP contribution in [0.4, 0.5) is 0 Å². The molecule has 2 nitrogen and oxygen atoms in total. The number of aromatic nitrogens is 1. The number of rotatable bonds is 1. The van der Waals surface area contributed by atoms with Crippen molar-refractivity contribution < 1.29 is 0 Å². The molecule has 0 fully saturated rings. The Morgan fingerprint density at radius 3 is 3.08 bits per heavy atom. The third kappa shape index (κ3) is 1.35. The monoisotopic (exact) mass is 176 g/mol. The Kier molecular flexibility index (Phi) is 2.08. The van der Waals surface area contributed by atoms with Crippen LogP contribution < -0.4 is 5.73 Å². The van der Waals surface area contributed by atoms with Gasteiger partial charge in [0.05, 0.1) is 0 Å². The van der Waals surface area contributed by atoms with E-state index in [0.29, 0.717) is 11.8 Å². The second-order valence-electron chi connectivity index (χ2n) is 4.11. The van der Waals surface area contributed by atoms with E-state index in [1.165, 1.54) is 11.3 Å². The molecule has 13 heavy (non-hydrogen) atoms. The van der Waals surface area contributed by atoms with E-state index in [2.05, 4.69) is 24.9 Å². The van der Waals surface area contributed by atoms with Gasteiger partial charge in [-0.15, -0.1) is 0 Å². The summed E-state index contributed by atoms with van der Waals surface area (Å²) in [4.78, 5) is 4.39. The van der Waals surface area contributed by atoms with Gasteiger partial charge in [-0.05, 0) is 30.9 Å². The smallest absolute Gasteiger partial charge is 0.0441 e. The van der Waals surface area contributed by atoms with Crippen molar-refractivity contribution in [3.63, 3.8) is 0 Å². The number of fused-ring (bicyclic) bond motifs is 1. The van der Waals surface area contributed by atoms with Crippen LogP contribution in [0.25, 0.3) is 0 Å². The van der Waals surface area contributed by atoms with Crippen LogP contribution in [0.2, 0.25) is 0 Å². The van der Waals surface area contributed by atoms with Crippen molar-refractivity contribution in [2.75, 3.05) is 0 Å². The number of nitrogens with two attached hydrogens (primary N) is 1. The molecule has 2 rings (SSSR count). The van der Waals surface area contributed by atoms with Crippen molar-refractivity contribution in [3.05, 3.63) is 29.6 Å². The molecule has 0 spiro atoms. The zero-order valence-corrected chi connectivity index (χ0v) is 8.20. The van der Waals surface area contributed by atoms with Crippen molar-refractivity contribution in [1.82, 2.24) is 4.98 Å². The molecule has 1 aliphatic carbocycles. The van der Waals surface area contributed by atoms with Gasteiger partial charge in [-0.25, -0.2) is 0 Å². The minimum Gasteiger partial charge on any atom is -0.327 e. The molecule has 2 heteroatoms. The maximum Gasteiger partial charge on any atom is 0.0441 e. The molecule has 0 radical (unpaired) electrons. The van der Waals surface area contributed by atoms with Gasteiger partial charge in [0, 0.05) is 23.9 Å². The molecule has 0 aromatic carbocycles. The van der Waals surface area contributed by atoms with E-state index in [1.54, 1.807) is 0 Å². The van der Waals surface area contributed by atoms with Crippen LogP contribution in [-0.2, 0) is 6.42 Å². The molecule has 1 aromatic heterocycles. The highest BCUT2D eigenvalue weighted by Gasteiger charge is 2.32. The summed E-state index contributed by atoms with van der Waals surface area (Å²) < 4.78 is 0. The zero-order valence-electron chi connectivity index (χ0n) is 8.20. The quantitative estimate of drug-likeness (QED) is 0.707. The largest absolute Gasteiger partial charge is 0.327 e. The van der Waals surface area contributed by atoms with Crippen LogP contribution in [0.1, 0.15) is 31.0 Å². The lowest BCUT2D eigenvalue weighted by molar-refractivity contribution is 0.439. The molecule has 0 bridgehead atoms. The molecule has 70 valence electrons. The molecule has 1 aromatic rings. The van der Waals surface area contributed by atoms with Gasteiger partial charge in [0.15, 0.2) is 0 Å². The summed E-state index contributed by atoms with van der Waals surface area (Å²) in [7, 11) is 0. The fourth-order valence-electron chi connectivity index (χ4n) is 2.46. The topological polar surface area (TPSA) is 38.9 Å². The highest BCUT2D eigenvalue weighted by Crippen LogP contribution is 2.37. The predicted octanol–water partition coefficient (Wildman–Crippen LogP) is 1.70. The lowest BCUT2D eigenvalue weighted by Crippen LogP contribution is -2.26. The molecule has 0 aliphatic heterocycles. The number of pyridine rings is 1. The van der Waals surface area contributed by atoms with E-state index in [9.17, 15) is 0 Å². The van der Waals surface area contributed by atoms with Gasteiger partial charge in [-0.2, -0.15) is 0 Å². The summed E-state index contributed by atoms with van der Waals surface area (Å²) in [6.45, 7) is 4.35. The maximum atomic E-state index is 5.98. The predicted molar refractivity (Wildman–Crippen MR) is 53.5 cm³/mol. The van der Waals surface area contributed by atoms with Gasteiger partial charge < -0.3 is 5.73 Å². The second-order valence-corrected chi connectivity index (χ2v) is 4.11. The van der Waals surface area contributed by atoms with Crippen LogP contribution in [-0.4, -0.2) is 11.0 Å². The molecular formula is C11H16N2. The van der Waals surface area contributed by atoms with Crippen LogP contribution in [0.5, 0.6) is 0 Å². The first-order valence-corrected chi connectivity index (χ1v) is 4.89. The van der Waals surface area contributed by atoms with E-state index in [1.807, 2.05) is 12.3 Å². The molecule has 0 amide bonds. The van der Waals surface area contributed by atoms with Gasteiger partial charge >= 0.3 is 0 Å². The Hall–Kier alpha value is -0.890. The van der Waals surface area contributed by atoms with Gasteiger partial charge in [0.2, 0.25) is 0 Å². The van der Waals surface area contributed by atoms with Crippen LogP contribution in [0.15, 0.2) is 18.3 Å². The third-order valence-corrected chi connectivity index (χ3v) is 2.98. The molecule has 3 atom stereocenters. The van der Waals surface area contributed by atoms with Gasteiger partial charge in [-0.1, -0.05) is 13.0 Å². The zero-order chi connectivity index (χ0) is 9.42. The SMILES string of the molecule is CC(N)C1c2cccnc2CC1C. The summed E-state index contributed by atoms with van der Waals surface area (Å²) >= 11 is 0. The summed E-state index contributed by atoms with van der Waals surface area (Å²) in [6, 6.07) is 4.41. The fourth-order valence-corrected chi connectivity index (χ4v) is 2.46. The molecule has 2 N–H and O–H groups in total. The number of hydrogen-bond acceptors (Lipinski definition) is 2. The highest BCUT2D eigenvalue weighted by atomic mass is 14.7. The molecule has 0 saturated heterocycles. The average molecular weight is 176 g/mol. The number of hydrogen-bond donors (Lipinski definition) is 1. The van der Waals surface area contributed by atoms with Gasteiger partial charge in [0.25, 0.3) is 0 Å². The van der Waals surface area contributed by atoms with E-state index < -0.39 is 0 Å². The summed E-state index contributed by atoms with van der Waals surface area (Å²) in [5.41, 5.74) is 8.59. The van der Waals surface area contributed by atoms with Gasteiger partial charge in [-0.3, -0.25) is 4.98 Å². The third-order valence-electron chi connectivity index (χ3n) is 2.98. The van der Waals surface area contributed by atoms with Crippen molar-refractivity contribution in [1.29, 1.82) is 0 Å². The maximum absolute atomic E-state index is 5.98. The molecule has 1 heterocycles. The first-order valence-electron chi connectivity index (χ1n) is 4.89. The lowest BCUT2D eigenvalue weighted by atomic mass is 9.88. The molecule has 3 unspecified atom stereocenters. The van der Waals surface area contributed by atoms with Crippen molar-refractivity contribution in [2.24, 2.45) is 11.7 Å². The molecule has 0 saturated carbocycles. The Morgan fingerprint density at radius 2 is 2.38 bits per heavy atom. The van der Waals surface area contributed by atoms with Gasteiger partial charge in [0.1, 0.15) is 0 Å². The van der Waals surface area contributed by atoms with Crippen LogP contribution in [0.3, 0.4) is 0 Å². The summed E-state index contributed by atoms with van der Waals surface area (Å²) in [6.07, 6.45) is 2.96. The molecular weight excluding hydrogens is 160 g/mol. The Morgan fingerprint density at radius 1 is 1.62 bits per heavy atom. The van der Waals surface area contributed by atoms with Crippen LogP contribution in [0, 0.1) is 5.92 Å². The molecule has 1 aliphatic rings. The van der Waals surface area contributed by atoms with E-state index in [4.69, 9.17) is 5.73 Å². The van der Waals surface area contributed by atoms with Crippen molar-refractivity contribution in [2.45, 2.75) is 32.2 Å². The highest BCUT2D eigenvalue weighted by molar-refractivity contribution is 5.31. The first-order chi connectivity index (χ1) is 6.20. The Balaban J connectivity index is 2.40. The lowest BCUT2D eigenvalue weighted by Gasteiger charge is -2.20. The van der Waals surface area contributed by atoms with Crippen molar-refractivity contribution in [3.8, 4) is 0 Å². The second kappa shape index (κ2) is 3.11. The van der Waals surface area contributed by atoms with Crippen molar-refractivity contribution >= 4 is 0 Å². The number of nitrogens with zero attached hydrogens (tertiary/aromatic N) is 1. The minimum atomic E-state index is 0.237. The van der Waals surface area contributed by atoms with E-state index >= 15 is 0 Å². The van der Waals surface area contributed by atoms with E-state index in [0.717, 1.165) is 6.42 Å². The summed E-state index contributed by atoms with van der Waals surface area (Å²) in [5.74, 6) is 1.15.